The van der Waals surface area contributed by atoms with E-state index in [9.17, 15) is 19.8 Å². The minimum absolute atomic E-state index is 0.137. The first-order valence-electron chi connectivity index (χ1n) is 7.44. The van der Waals surface area contributed by atoms with Crippen molar-refractivity contribution >= 4 is 11.9 Å². The van der Waals surface area contributed by atoms with E-state index in [1.165, 1.54) is 0 Å². The smallest absolute Gasteiger partial charge is 0.152 e. The first-order valence-corrected chi connectivity index (χ1v) is 7.44. The van der Waals surface area contributed by atoms with Crippen molar-refractivity contribution in [1.82, 2.24) is 0 Å². The van der Waals surface area contributed by atoms with Crippen LogP contribution in [0.3, 0.4) is 0 Å². The lowest BCUT2D eigenvalue weighted by Crippen LogP contribution is -2.68. The van der Waals surface area contributed by atoms with Crippen LogP contribution in [0.1, 0.15) is 45.6 Å². The third kappa shape index (κ3) is 3.30. The predicted octanol–water partition coefficient (Wildman–Crippen LogP) is 0.658. The SMILES string of the molecule is CCCC(C)(CC)C(OCc1ccccc1)(C(=O)[O-])C(=O)[O-]. The number of hydrogen-bond donors (Lipinski definition) is 0. The largest absolute Gasteiger partial charge is 0.547 e. The number of carboxylic acid groups (broad SMARTS) is 2. The molecule has 1 unspecified atom stereocenters. The molecule has 0 fully saturated rings. The summed E-state index contributed by atoms with van der Waals surface area (Å²) in [5, 5.41) is 23.4. The molecule has 0 aliphatic carbocycles. The Hall–Kier alpha value is -1.88. The van der Waals surface area contributed by atoms with E-state index in [0.717, 1.165) is 0 Å². The van der Waals surface area contributed by atoms with Crippen molar-refractivity contribution in [2.24, 2.45) is 5.41 Å². The molecular weight excluding hydrogens is 284 g/mol. The average Bonchev–Trinajstić information content (AvgIpc) is 2.48. The van der Waals surface area contributed by atoms with Gasteiger partial charge in [-0.05, 0) is 18.4 Å². The second-order valence-corrected chi connectivity index (χ2v) is 5.69. The molecule has 0 saturated carbocycles. The van der Waals surface area contributed by atoms with E-state index in [1.54, 1.807) is 38.1 Å². The van der Waals surface area contributed by atoms with Gasteiger partial charge in [0.05, 0.1) is 18.5 Å². The molecule has 122 valence electrons. The molecule has 0 aliphatic rings. The molecule has 0 aromatic heterocycles. The average molecular weight is 306 g/mol. The van der Waals surface area contributed by atoms with Crippen molar-refractivity contribution in [3.05, 3.63) is 35.9 Å². The van der Waals surface area contributed by atoms with Crippen LogP contribution < -0.4 is 10.2 Å². The summed E-state index contributed by atoms with van der Waals surface area (Å²) >= 11 is 0. The van der Waals surface area contributed by atoms with Gasteiger partial charge in [0.1, 0.15) is 0 Å². The van der Waals surface area contributed by atoms with Crippen LogP contribution in [-0.4, -0.2) is 17.5 Å². The van der Waals surface area contributed by atoms with Crippen molar-refractivity contribution in [2.45, 2.75) is 52.2 Å². The third-order valence-electron chi connectivity index (χ3n) is 4.31. The second-order valence-electron chi connectivity index (χ2n) is 5.69. The Morgan fingerprint density at radius 1 is 1.09 bits per heavy atom. The quantitative estimate of drug-likeness (QED) is 0.625. The van der Waals surface area contributed by atoms with Gasteiger partial charge in [-0.25, -0.2) is 0 Å². The van der Waals surface area contributed by atoms with Crippen LogP contribution in [0.4, 0.5) is 0 Å². The molecule has 0 aliphatic heterocycles. The summed E-state index contributed by atoms with van der Waals surface area (Å²) in [5.74, 6) is -3.53. The summed E-state index contributed by atoms with van der Waals surface area (Å²) in [5.41, 5.74) is -2.91. The first kappa shape index (κ1) is 18.2. The Kier molecular flexibility index (Phi) is 6.11. The van der Waals surface area contributed by atoms with Gasteiger partial charge >= 0.3 is 0 Å². The Balaban J connectivity index is 3.21. The molecule has 1 aromatic carbocycles. The minimum atomic E-state index is -2.48. The zero-order chi connectivity index (χ0) is 16.8. The molecule has 0 amide bonds. The standard InChI is InChI=1S/C17H24O5/c1-4-11-16(3,5-2)17(14(18)19,15(20)21)22-12-13-9-7-6-8-10-13/h6-10H,4-5,11-12H2,1-3H3,(H,18,19)(H,20,21)/p-2. The maximum Gasteiger partial charge on any atom is 0.152 e. The van der Waals surface area contributed by atoms with Crippen molar-refractivity contribution in [2.75, 3.05) is 0 Å². The lowest BCUT2D eigenvalue weighted by atomic mass is 9.68. The zero-order valence-corrected chi connectivity index (χ0v) is 13.3. The monoisotopic (exact) mass is 306 g/mol. The van der Waals surface area contributed by atoms with Gasteiger partial charge in [0, 0.05) is 5.41 Å². The highest BCUT2D eigenvalue weighted by Gasteiger charge is 2.50. The summed E-state index contributed by atoms with van der Waals surface area (Å²) in [7, 11) is 0. The Morgan fingerprint density at radius 2 is 1.64 bits per heavy atom. The number of rotatable bonds is 9. The van der Waals surface area contributed by atoms with Crippen LogP contribution in [-0.2, 0) is 20.9 Å². The number of carboxylic acids is 2. The van der Waals surface area contributed by atoms with Crippen LogP contribution in [0.15, 0.2) is 30.3 Å². The second kappa shape index (κ2) is 7.40. The number of benzene rings is 1. The van der Waals surface area contributed by atoms with Gasteiger partial charge in [0.15, 0.2) is 5.60 Å². The maximum atomic E-state index is 11.7. The van der Waals surface area contributed by atoms with E-state index >= 15 is 0 Å². The van der Waals surface area contributed by atoms with Crippen molar-refractivity contribution in [3.63, 3.8) is 0 Å². The van der Waals surface area contributed by atoms with E-state index in [0.29, 0.717) is 24.8 Å². The molecule has 22 heavy (non-hydrogen) atoms. The lowest BCUT2D eigenvalue weighted by molar-refractivity contribution is -0.365. The van der Waals surface area contributed by atoms with Gasteiger partial charge in [-0.2, -0.15) is 0 Å². The number of hydrogen-bond acceptors (Lipinski definition) is 5. The number of carbonyl (C=O) groups is 2. The Morgan fingerprint density at radius 3 is 2.05 bits per heavy atom. The fraction of sp³-hybridized carbons (Fsp3) is 0.529. The molecule has 1 atom stereocenters. The molecule has 1 aromatic rings. The van der Waals surface area contributed by atoms with Crippen molar-refractivity contribution in [3.8, 4) is 0 Å². The summed E-state index contributed by atoms with van der Waals surface area (Å²) in [6, 6.07) is 8.81. The van der Waals surface area contributed by atoms with Crippen LogP contribution >= 0.6 is 0 Å². The molecule has 0 bridgehead atoms. The molecular formula is C17H22O5-2. The van der Waals surface area contributed by atoms with Gasteiger partial charge in [0.2, 0.25) is 0 Å². The van der Waals surface area contributed by atoms with Gasteiger partial charge in [-0.1, -0.05) is 57.5 Å². The van der Waals surface area contributed by atoms with Crippen molar-refractivity contribution < 1.29 is 24.5 Å². The molecule has 0 heterocycles. The summed E-state index contributed by atoms with van der Waals surface area (Å²) in [4.78, 5) is 23.4. The number of carbonyl (C=O) groups excluding carboxylic acids is 2. The van der Waals surface area contributed by atoms with E-state index in [4.69, 9.17) is 4.74 Å². The summed E-state index contributed by atoms with van der Waals surface area (Å²) in [6.45, 7) is 5.05. The Labute approximate surface area is 130 Å². The highest BCUT2D eigenvalue weighted by atomic mass is 16.6. The topological polar surface area (TPSA) is 89.5 Å². The molecule has 0 spiro atoms. The minimum Gasteiger partial charge on any atom is -0.547 e. The van der Waals surface area contributed by atoms with E-state index in [-0.39, 0.29) is 6.61 Å². The maximum absolute atomic E-state index is 11.7. The van der Waals surface area contributed by atoms with Crippen LogP contribution in [0.25, 0.3) is 0 Å². The van der Waals surface area contributed by atoms with Gasteiger partial charge < -0.3 is 24.5 Å². The van der Waals surface area contributed by atoms with E-state index < -0.39 is 23.0 Å². The van der Waals surface area contributed by atoms with E-state index in [1.807, 2.05) is 13.0 Å². The fourth-order valence-electron chi connectivity index (χ4n) is 2.79. The van der Waals surface area contributed by atoms with Gasteiger partial charge in [-0.3, -0.25) is 0 Å². The zero-order valence-electron chi connectivity index (χ0n) is 13.3. The summed E-state index contributed by atoms with van der Waals surface area (Å²) in [6.07, 6.45) is 1.32. The van der Waals surface area contributed by atoms with Crippen molar-refractivity contribution in [1.29, 1.82) is 0 Å². The van der Waals surface area contributed by atoms with Gasteiger partial charge in [-0.15, -0.1) is 0 Å². The van der Waals surface area contributed by atoms with Crippen LogP contribution in [0.5, 0.6) is 0 Å². The Bertz CT molecular complexity index is 497. The molecule has 1 rings (SSSR count). The summed E-state index contributed by atoms with van der Waals surface area (Å²) < 4.78 is 5.42. The first-order chi connectivity index (χ1) is 10.3. The van der Waals surface area contributed by atoms with Crippen LogP contribution in [0, 0.1) is 5.41 Å². The highest BCUT2D eigenvalue weighted by molar-refractivity contribution is 6.01. The van der Waals surface area contributed by atoms with Gasteiger partial charge in [0.25, 0.3) is 0 Å². The predicted molar refractivity (Wildman–Crippen MR) is 77.3 cm³/mol. The molecule has 0 N–H and O–H groups in total. The number of aliphatic carboxylic acids is 2. The van der Waals surface area contributed by atoms with Crippen LogP contribution in [0.2, 0.25) is 0 Å². The normalized spacial score (nSPS) is 14.3. The number of ether oxygens (including phenoxy) is 1. The molecule has 5 heteroatoms. The molecule has 0 saturated heterocycles. The third-order valence-corrected chi connectivity index (χ3v) is 4.31. The lowest BCUT2D eigenvalue weighted by Gasteiger charge is -2.49. The molecule has 0 radical (unpaired) electrons. The molecule has 5 nitrogen and oxygen atoms in total. The highest BCUT2D eigenvalue weighted by Crippen LogP contribution is 2.42. The fourth-order valence-corrected chi connectivity index (χ4v) is 2.79. The van der Waals surface area contributed by atoms with E-state index in [2.05, 4.69) is 0 Å².